The molecule has 5 N–H and O–H groups in total. The molecule has 0 fully saturated rings. The van der Waals surface area contributed by atoms with Gasteiger partial charge in [-0.1, -0.05) is 0 Å². The number of carbonyl (C=O) groups excluding carboxylic acids is 2. The lowest BCUT2D eigenvalue weighted by Gasteiger charge is -2.21. The Hall–Kier alpha value is -3.06. The van der Waals surface area contributed by atoms with Gasteiger partial charge in [-0.05, 0) is 12.1 Å². The van der Waals surface area contributed by atoms with Gasteiger partial charge in [0, 0.05) is 35.8 Å². The largest absolute Gasteiger partial charge is 0.508 e. The van der Waals surface area contributed by atoms with E-state index in [0.29, 0.717) is 0 Å². The number of carbonyl (C=O) groups is 2. The van der Waals surface area contributed by atoms with Gasteiger partial charge in [0.05, 0.1) is 11.1 Å². The number of hydrogen-bond donors (Lipinski definition) is 5. The molecule has 23 heavy (non-hydrogen) atoms. The number of aliphatic hydroxyl groups is 1. The molecule has 0 aliphatic heterocycles. The van der Waals surface area contributed by atoms with Gasteiger partial charge in [0.1, 0.15) is 23.0 Å². The van der Waals surface area contributed by atoms with Crippen LogP contribution in [0, 0.1) is 0 Å². The van der Waals surface area contributed by atoms with Crippen molar-refractivity contribution in [1.82, 2.24) is 0 Å². The monoisotopic (exact) mass is 316 g/mol. The van der Waals surface area contributed by atoms with Crippen LogP contribution in [0.4, 0.5) is 0 Å². The molecule has 0 atom stereocenters. The Bertz CT molecular complexity index is 867. The standard InChI is InChI=1S/C16H12O7/c17-2-1-7-10(19)5-9-13(15(7)22)16(23)12-8(14(9)21)3-6(18)4-11(12)20/h3-5,17-20,22H,1-2H2. The molecule has 0 bridgehead atoms. The first-order chi connectivity index (χ1) is 10.9. The van der Waals surface area contributed by atoms with Gasteiger partial charge in [0.2, 0.25) is 5.78 Å². The fourth-order valence-electron chi connectivity index (χ4n) is 2.76. The molecule has 0 heterocycles. The van der Waals surface area contributed by atoms with E-state index in [1.807, 2.05) is 0 Å². The minimum atomic E-state index is -0.802. The van der Waals surface area contributed by atoms with Crippen molar-refractivity contribution in [2.24, 2.45) is 0 Å². The van der Waals surface area contributed by atoms with Crippen LogP contribution in [0.3, 0.4) is 0 Å². The van der Waals surface area contributed by atoms with E-state index >= 15 is 0 Å². The number of fused-ring (bicyclic) bond motifs is 2. The zero-order valence-corrected chi connectivity index (χ0v) is 11.7. The molecule has 0 radical (unpaired) electrons. The highest BCUT2D eigenvalue weighted by Crippen LogP contribution is 2.42. The van der Waals surface area contributed by atoms with Gasteiger partial charge >= 0.3 is 0 Å². The summed E-state index contributed by atoms with van der Waals surface area (Å²) in [6.07, 6.45) is -0.110. The molecule has 3 rings (SSSR count). The molecule has 0 unspecified atom stereocenters. The molecule has 2 aromatic rings. The summed E-state index contributed by atoms with van der Waals surface area (Å²) in [5.74, 6) is -3.53. The first kappa shape index (κ1) is 14.9. The third kappa shape index (κ3) is 2.01. The summed E-state index contributed by atoms with van der Waals surface area (Å²) in [5, 5.41) is 48.5. The molecular formula is C16H12O7. The predicted octanol–water partition coefficient (Wildman–Crippen LogP) is 0.819. The Balaban J connectivity index is 2.34. The quantitative estimate of drug-likeness (QED) is 0.472. The third-order valence-electron chi connectivity index (χ3n) is 3.79. The highest BCUT2D eigenvalue weighted by molar-refractivity contribution is 6.30. The smallest absolute Gasteiger partial charge is 0.201 e. The number of rotatable bonds is 2. The maximum absolute atomic E-state index is 12.6. The Kier molecular flexibility index (Phi) is 3.23. The Morgan fingerprint density at radius 3 is 2.09 bits per heavy atom. The van der Waals surface area contributed by atoms with Crippen molar-refractivity contribution in [1.29, 1.82) is 0 Å². The molecule has 118 valence electrons. The molecule has 7 heteroatoms. The summed E-state index contributed by atoms with van der Waals surface area (Å²) in [7, 11) is 0. The second kappa shape index (κ2) is 4.99. The van der Waals surface area contributed by atoms with Crippen molar-refractivity contribution in [3.05, 3.63) is 46.0 Å². The van der Waals surface area contributed by atoms with Crippen molar-refractivity contribution in [2.75, 3.05) is 6.61 Å². The van der Waals surface area contributed by atoms with Crippen molar-refractivity contribution >= 4 is 11.6 Å². The summed E-state index contributed by atoms with van der Waals surface area (Å²) >= 11 is 0. The molecule has 0 saturated heterocycles. The van der Waals surface area contributed by atoms with E-state index in [4.69, 9.17) is 5.11 Å². The Morgan fingerprint density at radius 1 is 0.783 bits per heavy atom. The van der Waals surface area contributed by atoms with E-state index < -0.39 is 34.6 Å². The Labute approximate surface area is 129 Å². The fraction of sp³-hybridized carbons (Fsp3) is 0.125. The second-order valence-electron chi connectivity index (χ2n) is 5.16. The fourth-order valence-corrected chi connectivity index (χ4v) is 2.76. The summed E-state index contributed by atoms with van der Waals surface area (Å²) < 4.78 is 0. The van der Waals surface area contributed by atoms with Gasteiger partial charge < -0.3 is 25.5 Å². The van der Waals surface area contributed by atoms with E-state index in [1.165, 1.54) is 0 Å². The lowest BCUT2D eigenvalue weighted by atomic mass is 9.81. The van der Waals surface area contributed by atoms with Crippen LogP contribution >= 0.6 is 0 Å². The zero-order valence-electron chi connectivity index (χ0n) is 11.7. The van der Waals surface area contributed by atoms with Gasteiger partial charge in [0.25, 0.3) is 0 Å². The molecule has 1 aliphatic rings. The summed E-state index contributed by atoms with van der Waals surface area (Å²) in [6, 6.07) is 2.99. The van der Waals surface area contributed by atoms with Crippen LogP contribution in [-0.2, 0) is 6.42 Å². The van der Waals surface area contributed by atoms with Crippen molar-refractivity contribution in [3.8, 4) is 23.0 Å². The van der Waals surface area contributed by atoms with Crippen molar-refractivity contribution in [2.45, 2.75) is 6.42 Å². The van der Waals surface area contributed by atoms with E-state index in [-0.39, 0.29) is 40.8 Å². The van der Waals surface area contributed by atoms with Crippen molar-refractivity contribution in [3.63, 3.8) is 0 Å². The maximum atomic E-state index is 12.6. The zero-order chi connectivity index (χ0) is 16.9. The minimum Gasteiger partial charge on any atom is -0.508 e. The molecule has 1 aliphatic carbocycles. The second-order valence-corrected chi connectivity index (χ2v) is 5.16. The molecule has 0 aromatic heterocycles. The van der Waals surface area contributed by atoms with Gasteiger partial charge in [-0.2, -0.15) is 0 Å². The lowest BCUT2D eigenvalue weighted by Crippen LogP contribution is -2.21. The van der Waals surface area contributed by atoms with Gasteiger partial charge in [0.15, 0.2) is 5.78 Å². The minimum absolute atomic E-state index is 0.0610. The summed E-state index contributed by atoms with van der Waals surface area (Å²) in [4.78, 5) is 25.1. The average molecular weight is 316 g/mol. The number of phenols is 4. The number of aliphatic hydroxyl groups excluding tert-OH is 1. The highest BCUT2D eigenvalue weighted by Gasteiger charge is 2.36. The van der Waals surface area contributed by atoms with Crippen LogP contribution < -0.4 is 0 Å². The van der Waals surface area contributed by atoms with E-state index in [9.17, 15) is 30.0 Å². The normalized spacial score (nSPS) is 12.9. The lowest BCUT2D eigenvalue weighted by molar-refractivity contribution is 0.0973. The van der Waals surface area contributed by atoms with Crippen LogP contribution in [0.25, 0.3) is 0 Å². The van der Waals surface area contributed by atoms with E-state index in [1.54, 1.807) is 0 Å². The topological polar surface area (TPSA) is 135 Å². The van der Waals surface area contributed by atoms with Gasteiger partial charge in [-0.15, -0.1) is 0 Å². The van der Waals surface area contributed by atoms with E-state index in [2.05, 4.69) is 0 Å². The highest BCUT2D eigenvalue weighted by atomic mass is 16.3. The number of phenolic OH excluding ortho intramolecular Hbond substituents is 4. The van der Waals surface area contributed by atoms with Gasteiger partial charge in [-0.3, -0.25) is 9.59 Å². The summed E-state index contributed by atoms with van der Waals surface area (Å²) in [5.41, 5.74) is -1.17. The predicted molar refractivity (Wildman–Crippen MR) is 77.2 cm³/mol. The Morgan fingerprint density at radius 2 is 1.43 bits per heavy atom. The van der Waals surface area contributed by atoms with Crippen LogP contribution in [0.15, 0.2) is 18.2 Å². The SMILES string of the molecule is O=C1c2cc(O)cc(O)c2C(=O)c2c1cc(O)c(CCO)c2O. The molecule has 0 spiro atoms. The van der Waals surface area contributed by atoms with Crippen LogP contribution in [0.5, 0.6) is 23.0 Å². The molecular weight excluding hydrogens is 304 g/mol. The third-order valence-corrected chi connectivity index (χ3v) is 3.79. The van der Waals surface area contributed by atoms with Crippen LogP contribution in [-0.4, -0.2) is 43.7 Å². The molecule has 2 aromatic carbocycles. The van der Waals surface area contributed by atoms with E-state index in [0.717, 1.165) is 18.2 Å². The molecule has 0 amide bonds. The molecule has 0 saturated carbocycles. The van der Waals surface area contributed by atoms with Crippen molar-refractivity contribution < 1.29 is 35.1 Å². The molecule has 7 nitrogen and oxygen atoms in total. The average Bonchev–Trinajstić information content (AvgIpc) is 2.47. The number of hydrogen-bond acceptors (Lipinski definition) is 7. The number of benzene rings is 2. The first-order valence-electron chi connectivity index (χ1n) is 6.70. The van der Waals surface area contributed by atoms with Gasteiger partial charge in [-0.25, -0.2) is 0 Å². The number of aromatic hydroxyl groups is 4. The maximum Gasteiger partial charge on any atom is 0.201 e. The van der Waals surface area contributed by atoms with Crippen LogP contribution in [0.1, 0.15) is 37.4 Å². The first-order valence-corrected chi connectivity index (χ1v) is 6.70. The number of ketones is 2. The summed E-state index contributed by atoms with van der Waals surface area (Å²) in [6.45, 7) is -0.377. The van der Waals surface area contributed by atoms with Crippen LogP contribution in [0.2, 0.25) is 0 Å².